The second-order valence-corrected chi connectivity index (χ2v) is 5.46. The lowest BCUT2D eigenvalue weighted by atomic mass is 9.75. The Bertz CT molecular complexity index is 344. The molecule has 0 saturated heterocycles. The molecule has 1 aliphatic carbocycles. The van der Waals surface area contributed by atoms with Gasteiger partial charge in [-0.2, -0.15) is 0 Å². The first kappa shape index (κ1) is 12.6. The summed E-state index contributed by atoms with van der Waals surface area (Å²) >= 11 is 0. The molecule has 1 aromatic rings. The topological polar surface area (TPSA) is 38.9 Å². The van der Waals surface area contributed by atoms with Gasteiger partial charge in [-0.3, -0.25) is 4.98 Å². The molecule has 0 aromatic carbocycles. The van der Waals surface area contributed by atoms with Gasteiger partial charge in [-0.15, -0.1) is 0 Å². The first-order chi connectivity index (χ1) is 8.20. The normalized spacial score (nSPS) is 26.8. The van der Waals surface area contributed by atoms with Crippen LogP contribution >= 0.6 is 0 Å². The number of aromatic nitrogens is 1. The molecule has 0 aliphatic heterocycles. The molecular formula is C15H24N2. The smallest absolute Gasteiger partial charge is 0.0372 e. The highest BCUT2D eigenvalue weighted by molar-refractivity contribution is 5.17. The van der Waals surface area contributed by atoms with Crippen LogP contribution in [0.15, 0.2) is 18.3 Å². The molecule has 2 N–H and O–H groups in total. The first-order valence-corrected chi connectivity index (χ1v) is 6.88. The highest BCUT2D eigenvalue weighted by atomic mass is 14.7. The maximum atomic E-state index is 6.40. The minimum atomic E-state index is 0.178. The van der Waals surface area contributed by atoms with Gasteiger partial charge >= 0.3 is 0 Å². The molecule has 0 spiro atoms. The van der Waals surface area contributed by atoms with Crippen molar-refractivity contribution in [3.8, 4) is 0 Å². The standard InChI is InChI=1S/C15H24N2/c1-3-12-5-4-6-13(9-12)15(16)14-8-7-11(2)17-10-14/h7-8,10,12-13,15H,3-6,9,16H2,1-2H3. The molecule has 17 heavy (non-hydrogen) atoms. The van der Waals surface area contributed by atoms with Gasteiger partial charge in [0.1, 0.15) is 0 Å². The van der Waals surface area contributed by atoms with Crippen molar-refractivity contribution >= 4 is 0 Å². The van der Waals surface area contributed by atoms with Crippen molar-refractivity contribution in [1.29, 1.82) is 0 Å². The van der Waals surface area contributed by atoms with Gasteiger partial charge in [-0.25, -0.2) is 0 Å². The van der Waals surface area contributed by atoms with Gasteiger partial charge in [0, 0.05) is 17.9 Å². The summed E-state index contributed by atoms with van der Waals surface area (Å²) in [6, 6.07) is 4.38. The van der Waals surface area contributed by atoms with Gasteiger partial charge in [0.2, 0.25) is 0 Å². The summed E-state index contributed by atoms with van der Waals surface area (Å²) in [5.41, 5.74) is 8.67. The number of hydrogen-bond donors (Lipinski definition) is 1. The summed E-state index contributed by atoms with van der Waals surface area (Å²) in [5.74, 6) is 1.54. The fourth-order valence-electron chi connectivity index (χ4n) is 2.98. The Hall–Kier alpha value is -0.890. The second-order valence-electron chi connectivity index (χ2n) is 5.46. The van der Waals surface area contributed by atoms with Crippen LogP contribution in [0.2, 0.25) is 0 Å². The van der Waals surface area contributed by atoms with E-state index in [0.29, 0.717) is 5.92 Å². The van der Waals surface area contributed by atoms with E-state index in [-0.39, 0.29) is 6.04 Å². The lowest BCUT2D eigenvalue weighted by Gasteiger charge is -2.32. The van der Waals surface area contributed by atoms with E-state index in [4.69, 9.17) is 5.73 Å². The van der Waals surface area contributed by atoms with Gasteiger partial charge in [-0.1, -0.05) is 32.3 Å². The third kappa shape index (κ3) is 3.06. The van der Waals surface area contributed by atoms with Gasteiger partial charge in [0.05, 0.1) is 0 Å². The van der Waals surface area contributed by atoms with Crippen LogP contribution in [0, 0.1) is 18.8 Å². The Balaban J connectivity index is 2.03. The summed E-state index contributed by atoms with van der Waals surface area (Å²) in [7, 11) is 0. The zero-order valence-electron chi connectivity index (χ0n) is 11.0. The average molecular weight is 232 g/mol. The average Bonchev–Trinajstić information content (AvgIpc) is 2.39. The molecule has 3 atom stereocenters. The lowest BCUT2D eigenvalue weighted by molar-refractivity contribution is 0.230. The Morgan fingerprint density at radius 1 is 1.41 bits per heavy atom. The number of pyridine rings is 1. The van der Waals surface area contributed by atoms with E-state index in [9.17, 15) is 0 Å². The van der Waals surface area contributed by atoms with Crippen molar-refractivity contribution in [2.45, 2.75) is 52.0 Å². The maximum Gasteiger partial charge on any atom is 0.0372 e. The second kappa shape index (κ2) is 5.63. The van der Waals surface area contributed by atoms with E-state index in [1.54, 1.807) is 0 Å². The van der Waals surface area contributed by atoms with Crippen LogP contribution in [0.1, 0.15) is 56.3 Å². The van der Waals surface area contributed by atoms with Crippen LogP contribution in [0.3, 0.4) is 0 Å². The molecule has 2 heteroatoms. The van der Waals surface area contributed by atoms with Gasteiger partial charge in [0.15, 0.2) is 0 Å². The summed E-state index contributed by atoms with van der Waals surface area (Å²) in [6.45, 7) is 4.31. The Morgan fingerprint density at radius 3 is 2.88 bits per heavy atom. The SMILES string of the molecule is CCC1CCCC(C(N)c2ccc(C)nc2)C1. The van der Waals surface area contributed by atoms with Crippen LogP contribution in [-0.4, -0.2) is 4.98 Å². The summed E-state index contributed by atoms with van der Waals surface area (Å²) in [4.78, 5) is 4.35. The zero-order chi connectivity index (χ0) is 12.3. The minimum absolute atomic E-state index is 0.178. The number of nitrogens with zero attached hydrogens (tertiary/aromatic N) is 1. The van der Waals surface area contributed by atoms with E-state index in [1.165, 1.54) is 37.7 Å². The molecule has 0 radical (unpaired) electrons. The Labute approximate surface area is 105 Å². The highest BCUT2D eigenvalue weighted by Crippen LogP contribution is 2.37. The molecule has 94 valence electrons. The summed E-state index contributed by atoms with van der Waals surface area (Å²) in [6.07, 6.45) is 8.57. The van der Waals surface area contributed by atoms with E-state index in [2.05, 4.69) is 24.0 Å². The van der Waals surface area contributed by atoms with Crippen molar-refractivity contribution < 1.29 is 0 Å². The molecule has 2 nitrogen and oxygen atoms in total. The Kier molecular flexibility index (Phi) is 4.16. The quantitative estimate of drug-likeness (QED) is 0.864. The summed E-state index contributed by atoms with van der Waals surface area (Å²) < 4.78 is 0. The number of aryl methyl sites for hydroxylation is 1. The van der Waals surface area contributed by atoms with Crippen LogP contribution in [0.5, 0.6) is 0 Å². The number of hydrogen-bond acceptors (Lipinski definition) is 2. The van der Waals surface area contributed by atoms with Gasteiger partial charge in [0.25, 0.3) is 0 Å². The maximum absolute atomic E-state index is 6.40. The molecule has 1 fully saturated rings. The van der Waals surface area contributed by atoms with Crippen molar-refractivity contribution in [2.75, 3.05) is 0 Å². The van der Waals surface area contributed by atoms with Crippen molar-refractivity contribution in [1.82, 2.24) is 4.98 Å². The molecule has 0 amide bonds. The number of rotatable bonds is 3. The number of nitrogens with two attached hydrogens (primary N) is 1. The molecule has 1 aromatic heterocycles. The van der Waals surface area contributed by atoms with Crippen LogP contribution in [0.4, 0.5) is 0 Å². The van der Waals surface area contributed by atoms with E-state index in [1.807, 2.05) is 13.1 Å². The highest BCUT2D eigenvalue weighted by Gasteiger charge is 2.26. The van der Waals surface area contributed by atoms with Crippen molar-refractivity contribution in [2.24, 2.45) is 17.6 Å². The molecule has 2 rings (SSSR count). The third-order valence-corrected chi connectivity index (χ3v) is 4.23. The Morgan fingerprint density at radius 2 is 2.24 bits per heavy atom. The van der Waals surface area contributed by atoms with Crippen molar-refractivity contribution in [3.05, 3.63) is 29.6 Å². The molecule has 0 bridgehead atoms. The molecule has 1 aliphatic rings. The lowest BCUT2D eigenvalue weighted by Crippen LogP contribution is -2.26. The predicted molar refractivity (Wildman–Crippen MR) is 71.6 cm³/mol. The van der Waals surface area contributed by atoms with Gasteiger partial charge in [-0.05, 0) is 43.2 Å². The van der Waals surface area contributed by atoms with Gasteiger partial charge < -0.3 is 5.73 Å². The zero-order valence-corrected chi connectivity index (χ0v) is 11.0. The first-order valence-electron chi connectivity index (χ1n) is 6.88. The monoisotopic (exact) mass is 232 g/mol. The molecule has 1 saturated carbocycles. The predicted octanol–water partition coefficient (Wildman–Crippen LogP) is 3.61. The van der Waals surface area contributed by atoms with Crippen LogP contribution in [0.25, 0.3) is 0 Å². The van der Waals surface area contributed by atoms with Crippen LogP contribution < -0.4 is 5.73 Å². The van der Waals surface area contributed by atoms with Crippen LogP contribution in [-0.2, 0) is 0 Å². The largest absolute Gasteiger partial charge is 0.324 e. The summed E-state index contributed by atoms with van der Waals surface area (Å²) in [5, 5.41) is 0. The molecule has 3 unspecified atom stereocenters. The molecular weight excluding hydrogens is 208 g/mol. The third-order valence-electron chi connectivity index (χ3n) is 4.23. The van der Waals surface area contributed by atoms with E-state index in [0.717, 1.165) is 11.6 Å². The van der Waals surface area contributed by atoms with E-state index >= 15 is 0 Å². The molecule has 1 heterocycles. The minimum Gasteiger partial charge on any atom is -0.324 e. The van der Waals surface area contributed by atoms with E-state index < -0.39 is 0 Å². The fraction of sp³-hybridized carbons (Fsp3) is 0.667. The fourth-order valence-corrected chi connectivity index (χ4v) is 2.98. The van der Waals surface area contributed by atoms with Crippen molar-refractivity contribution in [3.63, 3.8) is 0 Å².